The molecule has 3 rings (SSSR count). The van der Waals surface area contributed by atoms with Crippen LogP contribution in [0, 0.1) is 0 Å². The van der Waals surface area contributed by atoms with Crippen LogP contribution < -0.4 is 10.5 Å². The van der Waals surface area contributed by atoms with E-state index in [1.165, 1.54) is 48.5 Å². The van der Waals surface area contributed by atoms with Crippen molar-refractivity contribution in [2.75, 3.05) is 6.54 Å². The van der Waals surface area contributed by atoms with E-state index in [0.29, 0.717) is 16.1 Å². The molecule has 0 fully saturated rings. The monoisotopic (exact) mass is 585 g/mol. The zero-order chi connectivity index (χ0) is 24.9. The fourth-order valence-electron chi connectivity index (χ4n) is 2.99. The predicted octanol–water partition coefficient (Wildman–Crippen LogP) is 3.26. The van der Waals surface area contributed by atoms with Gasteiger partial charge in [0, 0.05) is 22.6 Å². The highest BCUT2D eigenvalue weighted by Gasteiger charge is 2.27. The number of hydrogen-bond donors (Lipinski definition) is 2. The third kappa shape index (κ3) is 7.11. The molecule has 3 aromatic carbocycles. The van der Waals surface area contributed by atoms with Gasteiger partial charge in [0.25, 0.3) is 0 Å². The zero-order valence-electron chi connectivity index (χ0n) is 17.7. The first-order valence-electron chi connectivity index (χ1n) is 9.84. The summed E-state index contributed by atoms with van der Waals surface area (Å²) in [6.45, 7) is -0.359. The molecule has 0 aliphatic rings. The van der Waals surface area contributed by atoms with Crippen molar-refractivity contribution < 1.29 is 21.6 Å². The molecule has 0 saturated heterocycles. The molecule has 0 bridgehead atoms. The van der Waals surface area contributed by atoms with Crippen molar-refractivity contribution in [3.63, 3.8) is 0 Å². The van der Waals surface area contributed by atoms with Crippen LogP contribution in [0.2, 0.25) is 5.02 Å². The van der Waals surface area contributed by atoms with Crippen LogP contribution >= 0.6 is 27.5 Å². The van der Waals surface area contributed by atoms with Crippen molar-refractivity contribution >= 4 is 53.5 Å². The standard InChI is InChI=1S/C22H21BrClN3O5S2/c23-18-5-1-17(2-6-18)14-27(34(31,32)21-11-7-19(24)8-12-21)15-22(28)26-13-16-3-9-20(10-4-16)33(25,29)30/h1-12H,13-15H2,(H,26,28)(H2,25,29,30). The predicted molar refractivity (Wildman–Crippen MR) is 133 cm³/mol. The zero-order valence-corrected chi connectivity index (χ0v) is 21.7. The summed E-state index contributed by atoms with van der Waals surface area (Å²) in [6, 6.07) is 18.5. The van der Waals surface area contributed by atoms with Crippen LogP contribution in [0.3, 0.4) is 0 Å². The van der Waals surface area contributed by atoms with E-state index in [1.54, 1.807) is 24.3 Å². The molecule has 180 valence electrons. The van der Waals surface area contributed by atoms with Crippen molar-refractivity contribution in [1.82, 2.24) is 9.62 Å². The normalized spacial score (nSPS) is 12.0. The second kappa shape index (κ2) is 11.0. The van der Waals surface area contributed by atoms with Gasteiger partial charge in [-0.25, -0.2) is 22.0 Å². The minimum absolute atomic E-state index is 0.0143. The second-order valence-electron chi connectivity index (χ2n) is 7.32. The summed E-state index contributed by atoms with van der Waals surface area (Å²) in [5.41, 5.74) is 1.33. The molecule has 0 saturated carbocycles. The van der Waals surface area contributed by atoms with Gasteiger partial charge in [0.1, 0.15) is 0 Å². The Morgan fingerprint density at radius 2 is 1.38 bits per heavy atom. The van der Waals surface area contributed by atoms with Crippen LogP contribution in [-0.4, -0.2) is 33.6 Å². The van der Waals surface area contributed by atoms with Crippen LogP contribution in [-0.2, 0) is 37.9 Å². The summed E-state index contributed by atoms with van der Waals surface area (Å²) in [6.07, 6.45) is 0. The van der Waals surface area contributed by atoms with E-state index < -0.39 is 32.5 Å². The SMILES string of the molecule is NS(=O)(=O)c1ccc(CNC(=O)CN(Cc2ccc(Br)cc2)S(=O)(=O)c2ccc(Cl)cc2)cc1. The first-order valence-corrected chi connectivity index (χ1v) is 14.0. The molecule has 0 aromatic heterocycles. The molecule has 0 aliphatic heterocycles. The van der Waals surface area contributed by atoms with Gasteiger partial charge in [0.05, 0.1) is 16.3 Å². The van der Waals surface area contributed by atoms with Gasteiger partial charge in [-0.1, -0.05) is 51.8 Å². The average Bonchev–Trinajstić information content (AvgIpc) is 2.78. The van der Waals surface area contributed by atoms with Gasteiger partial charge in [0.15, 0.2) is 0 Å². The van der Waals surface area contributed by atoms with Crippen LogP contribution in [0.4, 0.5) is 0 Å². The third-order valence-corrected chi connectivity index (χ3v) is 8.30. The number of nitrogens with zero attached hydrogens (tertiary/aromatic N) is 1. The maximum atomic E-state index is 13.3. The molecule has 3 aromatic rings. The highest BCUT2D eigenvalue weighted by atomic mass is 79.9. The summed E-state index contributed by atoms with van der Waals surface area (Å²) in [7, 11) is -7.82. The Morgan fingerprint density at radius 3 is 1.94 bits per heavy atom. The Labute approximate surface area is 212 Å². The van der Waals surface area contributed by atoms with E-state index in [9.17, 15) is 21.6 Å². The lowest BCUT2D eigenvalue weighted by Crippen LogP contribution is -2.40. The number of carbonyl (C=O) groups is 1. The molecule has 0 atom stereocenters. The molecule has 0 unspecified atom stereocenters. The fraction of sp³-hybridized carbons (Fsp3) is 0.136. The summed E-state index contributed by atoms with van der Waals surface area (Å²) in [4.78, 5) is 12.6. The van der Waals surface area contributed by atoms with Crippen molar-refractivity contribution in [3.05, 3.63) is 93.4 Å². The molecule has 1 amide bonds. The van der Waals surface area contributed by atoms with Gasteiger partial charge >= 0.3 is 0 Å². The van der Waals surface area contributed by atoms with Gasteiger partial charge in [-0.05, 0) is 59.7 Å². The van der Waals surface area contributed by atoms with E-state index in [2.05, 4.69) is 21.2 Å². The lowest BCUT2D eigenvalue weighted by atomic mass is 10.2. The Kier molecular flexibility index (Phi) is 8.50. The lowest BCUT2D eigenvalue weighted by molar-refractivity contribution is -0.121. The summed E-state index contributed by atoms with van der Waals surface area (Å²) >= 11 is 9.23. The average molecular weight is 587 g/mol. The number of sulfonamides is 2. The molecule has 0 aliphatic carbocycles. The van der Waals surface area contributed by atoms with E-state index in [1.807, 2.05) is 0 Å². The lowest BCUT2D eigenvalue weighted by Gasteiger charge is -2.22. The van der Waals surface area contributed by atoms with Gasteiger partial charge in [-0.3, -0.25) is 4.79 Å². The number of amides is 1. The number of benzene rings is 3. The molecule has 8 nitrogen and oxygen atoms in total. The molecule has 12 heteroatoms. The number of primary sulfonamides is 1. The molecular weight excluding hydrogens is 566 g/mol. The smallest absolute Gasteiger partial charge is 0.243 e. The van der Waals surface area contributed by atoms with Gasteiger partial charge < -0.3 is 5.32 Å². The van der Waals surface area contributed by atoms with Crippen LogP contribution in [0.15, 0.2) is 87.1 Å². The molecule has 34 heavy (non-hydrogen) atoms. The first kappa shape index (κ1) is 26.3. The quantitative estimate of drug-likeness (QED) is 0.398. The Balaban J connectivity index is 1.76. The van der Waals surface area contributed by atoms with Crippen LogP contribution in [0.5, 0.6) is 0 Å². The van der Waals surface area contributed by atoms with Crippen molar-refractivity contribution in [3.8, 4) is 0 Å². The van der Waals surface area contributed by atoms with Gasteiger partial charge in [-0.2, -0.15) is 4.31 Å². The van der Waals surface area contributed by atoms with E-state index in [0.717, 1.165) is 8.78 Å². The molecule has 3 N–H and O–H groups in total. The minimum atomic E-state index is -4.00. The highest BCUT2D eigenvalue weighted by Crippen LogP contribution is 2.21. The third-order valence-electron chi connectivity index (χ3n) is 4.79. The topological polar surface area (TPSA) is 127 Å². The van der Waals surface area contributed by atoms with Crippen LogP contribution in [0.25, 0.3) is 0 Å². The van der Waals surface area contributed by atoms with Crippen molar-refractivity contribution in [2.24, 2.45) is 5.14 Å². The number of rotatable bonds is 9. The maximum Gasteiger partial charge on any atom is 0.243 e. The summed E-state index contributed by atoms with van der Waals surface area (Å²) < 4.78 is 51.2. The Hall–Kier alpha value is -2.28. The van der Waals surface area contributed by atoms with Gasteiger partial charge in [-0.15, -0.1) is 0 Å². The Morgan fingerprint density at radius 1 is 0.853 bits per heavy atom. The molecular formula is C22H21BrClN3O5S2. The summed E-state index contributed by atoms with van der Waals surface area (Å²) in [5.74, 6) is -0.523. The summed E-state index contributed by atoms with van der Waals surface area (Å²) in [5, 5.41) is 8.14. The molecule has 0 spiro atoms. The fourth-order valence-corrected chi connectivity index (χ4v) is 5.28. The van der Waals surface area contributed by atoms with E-state index >= 15 is 0 Å². The van der Waals surface area contributed by atoms with E-state index in [4.69, 9.17) is 16.7 Å². The molecule has 0 radical (unpaired) electrons. The van der Waals surface area contributed by atoms with Gasteiger partial charge in [0.2, 0.25) is 26.0 Å². The van der Waals surface area contributed by atoms with Crippen molar-refractivity contribution in [1.29, 1.82) is 0 Å². The largest absolute Gasteiger partial charge is 0.351 e. The highest BCUT2D eigenvalue weighted by molar-refractivity contribution is 9.10. The minimum Gasteiger partial charge on any atom is -0.351 e. The number of halogens is 2. The Bertz CT molecular complexity index is 1360. The second-order valence-corrected chi connectivity index (χ2v) is 12.2. The van der Waals surface area contributed by atoms with Crippen LogP contribution in [0.1, 0.15) is 11.1 Å². The number of nitrogens with one attached hydrogen (secondary N) is 1. The number of nitrogens with two attached hydrogens (primary N) is 1. The molecule has 0 heterocycles. The van der Waals surface area contributed by atoms with E-state index in [-0.39, 0.29) is 22.9 Å². The maximum absolute atomic E-state index is 13.3. The number of carbonyl (C=O) groups excluding carboxylic acids is 1. The first-order chi connectivity index (χ1) is 15.9. The van der Waals surface area contributed by atoms with Crippen molar-refractivity contribution in [2.45, 2.75) is 22.9 Å². The number of hydrogen-bond acceptors (Lipinski definition) is 5.